The van der Waals surface area contributed by atoms with E-state index in [2.05, 4.69) is 4.98 Å². The maximum atomic E-state index is 14.3. The second kappa shape index (κ2) is 7.58. The number of hydrogen-bond donors (Lipinski definition) is 2. The number of carbonyl (C=O) groups is 2. The van der Waals surface area contributed by atoms with E-state index in [1.54, 1.807) is 0 Å². The number of halogens is 4. The first-order valence-electron chi connectivity index (χ1n) is 8.00. The van der Waals surface area contributed by atoms with Gasteiger partial charge in [-0.3, -0.25) is 4.79 Å². The van der Waals surface area contributed by atoms with Gasteiger partial charge in [0.05, 0.1) is 11.3 Å². The fourth-order valence-corrected chi connectivity index (χ4v) is 2.68. The number of nitrogens with zero attached hydrogens (tertiary/aromatic N) is 2. The molecule has 6 nitrogen and oxygen atoms in total. The average Bonchev–Trinajstić information content (AvgIpc) is 2.64. The van der Waals surface area contributed by atoms with Crippen LogP contribution >= 0.6 is 0 Å². The van der Waals surface area contributed by atoms with Crippen molar-refractivity contribution in [2.75, 3.05) is 4.90 Å². The molecule has 10 heteroatoms. The van der Waals surface area contributed by atoms with Crippen molar-refractivity contribution in [1.82, 2.24) is 4.98 Å². The van der Waals surface area contributed by atoms with Gasteiger partial charge in [0.15, 0.2) is 5.82 Å². The van der Waals surface area contributed by atoms with Gasteiger partial charge in [-0.2, -0.15) is 0 Å². The molecule has 2 aromatic carbocycles. The van der Waals surface area contributed by atoms with E-state index in [4.69, 9.17) is 11.5 Å². The summed E-state index contributed by atoms with van der Waals surface area (Å²) in [7, 11) is 0. The number of pyridine rings is 1. The Hall–Kier alpha value is -3.95. The molecule has 0 atom stereocenters. The van der Waals surface area contributed by atoms with E-state index < -0.39 is 52.3 Å². The average molecular weight is 404 g/mol. The highest BCUT2D eigenvalue weighted by molar-refractivity contribution is 6.06. The number of rotatable bonds is 4. The lowest BCUT2D eigenvalue weighted by Crippen LogP contribution is -2.35. The SMILES string of the molecule is NC(=O)c1ccc(-c2ccc(F)cc2F)nc1N(C(N)=O)c1c(F)cccc1F. The van der Waals surface area contributed by atoms with Crippen LogP contribution in [0, 0.1) is 23.3 Å². The lowest BCUT2D eigenvalue weighted by atomic mass is 10.1. The molecule has 0 aliphatic rings. The number of nitrogens with two attached hydrogens (primary N) is 2. The molecule has 0 fully saturated rings. The van der Waals surface area contributed by atoms with E-state index in [1.807, 2.05) is 0 Å². The monoisotopic (exact) mass is 404 g/mol. The fourth-order valence-electron chi connectivity index (χ4n) is 2.68. The minimum absolute atomic E-state index is 0.162. The molecule has 0 spiro atoms. The highest BCUT2D eigenvalue weighted by atomic mass is 19.1. The molecule has 0 saturated carbocycles. The molecule has 0 saturated heterocycles. The molecule has 29 heavy (non-hydrogen) atoms. The van der Waals surface area contributed by atoms with Crippen molar-refractivity contribution in [3.05, 3.63) is 77.4 Å². The van der Waals surface area contributed by atoms with Crippen LogP contribution in [0.4, 0.5) is 33.9 Å². The van der Waals surface area contributed by atoms with E-state index in [0.29, 0.717) is 11.0 Å². The standard InChI is InChI=1S/C19H12F4N4O2/c20-9-4-5-10(14(23)8-9)15-7-6-11(17(24)28)18(26-15)27(19(25)29)16-12(21)2-1-3-13(16)22/h1-8H,(H2,24,28)(H2,25,29). The summed E-state index contributed by atoms with van der Waals surface area (Å²) in [4.78, 5) is 28.1. The van der Waals surface area contributed by atoms with Crippen LogP contribution in [0.1, 0.15) is 10.4 Å². The largest absolute Gasteiger partial charge is 0.365 e. The summed E-state index contributed by atoms with van der Waals surface area (Å²) >= 11 is 0. The summed E-state index contributed by atoms with van der Waals surface area (Å²) in [5, 5.41) is 0. The van der Waals surface area contributed by atoms with Gasteiger partial charge < -0.3 is 11.5 Å². The number of amides is 3. The van der Waals surface area contributed by atoms with Crippen LogP contribution in [0.5, 0.6) is 0 Å². The molecule has 0 unspecified atom stereocenters. The fraction of sp³-hybridized carbons (Fsp3) is 0. The minimum Gasteiger partial charge on any atom is -0.365 e. The predicted octanol–water partition coefficient (Wildman–Crippen LogP) is 3.62. The van der Waals surface area contributed by atoms with Gasteiger partial charge in [-0.1, -0.05) is 6.07 Å². The number of para-hydroxylation sites is 1. The zero-order chi connectivity index (χ0) is 21.3. The van der Waals surface area contributed by atoms with Crippen LogP contribution in [0.2, 0.25) is 0 Å². The summed E-state index contributed by atoms with van der Waals surface area (Å²) in [6.07, 6.45) is 0. The zero-order valence-electron chi connectivity index (χ0n) is 14.5. The van der Waals surface area contributed by atoms with Crippen LogP contribution in [0.25, 0.3) is 11.3 Å². The zero-order valence-corrected chi connectivity index (χ0v) is 14.5. The molecule has 0 radical (unpaired) electrons. The molecule has 3 amide bonds. The highest BCUT2D eigenvalue weighted by Crippen LogP contribution is 2.33. The maximum Gasteiger partial charge on any atom is 0.325 e. The van der Waals surface area contributed by atoms with Gasteiger partial charge in [0.1, 0.15) is 29.0 Å². The normalized spacial score (nSPS) is 10.6. The molecule has 0 bridgehead atoms. The van der Waals surface area contributed by atoms with Gasteiger partial charge in [0.2, 0.25) is 0 Å². The third kappa shape index (κ3) is 3.72. The summed E-state index contributed by atoms with van der Waals surface area (Å²) in [5.41, 5.74) is 8.90. The van der Waals surface area contributed by atoms with Crippen molar-refractivity contribution in [3.8, 4) is 11.3 Å². The number of carbonyl (C=O) groups excluding carboxylic acids is 2. The Kier molecular flexibility index (Phi) is 5.18. The molecule has 3 rings (SSSR count). The Labute approximate surface area is 161 Å². The Morgan fingerprint density at radius 2 is 1.52 bits per heavy atom. The van der Waals surface area contributed by atoms with Crippen LogP contribution in [-0.4, -0.2) is 16.9 Å². The molecule has 4 N–H and O–H groups in total. The Morgan fingerprint density at radius 3 is 2.07 bits per heavy atom. The number of aromatic nitrogens is 1. The van der Waals surface area contributed by atoms with Crippen LogP contribution in [-0.2, 0) is 0 Å². The lowest BCUT2D eigenvalue weighted by Gasteiger charge is -2.23. The molecule has 0 aliphatic carbocycles. The number of benzene rings is 2. The maximum absolute atomic E-state index is 14.3. The number of primary amides is 2. The quantitative estimate of drug-likeness (QED) is 0.649. The third-order valence-corrected chi connectivity index (χ3v) is 3.94. The highest BCUT2D eigenvalue weighted by Gasteiger charge is 2.28. The van der Waals surface area contributed by atoms with Crippen molar-refractivity contribution in [3.63, 3.8) is 0 Å². The second-order valence-electron chi connectivity index (χ2n) is 5.80. The number of urea groups is 1. The molecule has 0 aliphatic heterocycles. The summed E-state index contributed by atoms with van der Waals surface area (Å²) in [6.45, 7) is 0. The van der Waals surface area contributed by atoms with Crippen LogP contribution in [0.3, 0.4) is 0 Å². The Morgan fingerprint density at radius 1 is 0.862 bits per heavy atom. The molecule has 1 aromatic heterocycles. The number of hydrogen-bond acceptors (Lipinski definition) is 3. The van der Waals surface area contributed by atoms with Gasteiger partial charge >= 0.3 is 6.03 Å². The smallest absolute Gasteiger partial charge is 0.325 e. The van der Waals surface area contributed by atoms with Gasteiger partial charge in [-0.05, 0) is 36.4 Å². The predicted molar refractivity (Wildman–Crippen MR) is 96.2 cm³/mol. The van der Waals surface area contributed by atoms with Crippen molar-refractivity contribution in [2.24, 2.45) is 11.5 Å². The van der Waals surface area contributed by atoms with Gasteiger partial charge in [0.25, 0.3) is 5.91 Å². The van der Waals surface area contributed by atoms with Crippen molar-refractivity contribution >= 4 is 23.4 Å². The summed E-state index contributed by atoms with van der Waals surface area (Å²) in [5.74, 6) is -5.86. The Bertz CT molecular complexity index is 1120. The van der Waals surface area contributed by atoms with Crippen LogP contribution < -0.4 is 16.4 Å². The van der Waals surface area contributed by atoms with Gasteiger partial charge in [-0.15, -0.1) is 0 Å². The molecule has 148 valence electrons. The van der Waals surface area contributed by atoms with E-state index in [0.717, 1.165) is 36.4 Å². The lowest BCUT2D eigenvalue weighted by molar-refractivity contribution is 0.100. The van der Waals surface area contributed by atoms with Crippen molar-refractivity contribution in [1.29, 1.82) is 0 Å². The minimum atomic E-state index is -1.37. The van der Waals surface area contributed by atoms with E-state index in [9.17, 15) is 27.2 Å². The van der Waals surface area contributed by atoms with Gasteiger partial charge in [-0.25, -0.2) is 32.2 Å². The number of anilines is 2. The first kappa shape index (κ1) is 19.8. The third-order valence-electron chi connectivity index (χ3n) is 3.94. The van der Waals surface area contributed by atoms with E-state index in [1.165, 1.54) is 6.07 Å². The molecular weight excluding hydrogens is 392 g/mol. The van der Waals surface area contributed by atoms with E-state index >= 15 is 0 Å². The van der Waals surface area contributed by atoms with Gasteiger partial charge in [0, 0.05) is 11.6 Å². The molecule has 3 aromatic rings. The van der Waals surface area contributed by atoms with Crippen molar-refractivity contribution < 1.29 is 27.2 Å². The second-order valence-corrected chi connectivity index (χ2v) is 5.80. The molecular formula is C19H12F4N4O2. The topological polar surface area (TPSA) is 102 Å². The van der Waals surface area contributed by atoms with Crippen LogP contribution in [0.15, 0.2) is 48.5 Å². The first-order valence-corrected chi connectivity index (χ1v) is 8.00. The van der Waals surface area contributed by atoms with Crippen molar-refractivity contribution in [2.45, 2.75) is 0 Å². The van der Waals surface area contributed by atoms with E-state index in [-0.39, 0.29) is 11.3 Å². The first-order chi connectivity index (χ1) is 13.7. The Balaban J connectivity index is 2.30. The molecule has 1 heterocycles. The summed E-state index contributed by atoms with van der Waals surface area (Å²) < 4.78 is 55.9. The summed E-state index contributed by atoms with van der Waals surface area (Å²) in [6, 6.07) is 6.29.